The zero-order valence-corrected chi connectivity index (χ0v) is 12.3. The lowest BCUT2D eigenvalue weighted by Gasteiger charge is -2.10. The van der Waals surface area contributed by atoms with Gasteiger partial charge in [0.25, 0.3) is 0 Å². The van der Waals surface area contributed by atoms with Crippen LogP contribution in [0.2, 0.25) is 0 Å². The third kappa shape index (κ3) is 2.87. The van der Waals surface area contributed by atoms with E-state index in [1.807, 2.05) is 12.1 Å². The van der Waals surface area contributed by atoms with Crippen LogP contribution in [0.5, 0.6) is 0 Å². The van der Waals surface area contributed by atoms with Crippen LogP contribution in [-0.4, -0.2) is 16.6 Å². The summed E-state index contributed by atoms with van der Waals surface area (Å²) in [5.41, 5.74) is 7.27. The molecule has 0 unspecified atom stereocenters. The van der Waals surface area contributed by atoms with Crippen molar-refractivity contribution in [1.29, 1.82) is 0 Å². The Kier molecular flexibility index (Phi) is 3.97. The molecule has 0 spiro atoms. The van der Waals surface area contributed by atoms with Crippen molar-refractivity contribution < 1.29 is 9.59 Å². The highest BCUT2D eigenvalue weighted by molar-refractivity contribution is 6.21. The fourth-order valence-electron chi connectivity index (χ4n) is 2.38. The summed E-state index contributed by atoms with van der Waals surface area (Å²) in [5, 5.41) is 0. The molecule has 112 valence electrons. The van der Waals surface area contributed by atoms with Crippen LogP contribution < -0.4 is 5.73 Å². The third-order valence-electron chi connectivity index (χ3n) is 3.52. The molecule has 1 heterocycles. The summed E-state index contributed by atoms with van der Waals surface area (Å²) in [6.07, 6.45) is 1.44. The standard InChI is InChI=1S/C19H14N2O2/c20-19-16(18(23)14-9-5-2-6-10-14)15(11-12-21-19)17(22)13-7-3-1-4-8-13/h1-12H,(H2,20,21). The van der Waals surface area contributed by atoms with Gasteiger partial charge in [-0.3, -0.25) is 9.59 Å². The van der Waals surface area contributed by atoms with E-state index in [0.29, 0.717) is 11.1 Å². The summed E-state index contributed by atoms with van der Waals surface area (Å²) in [4.78, 5) is 29.4. The van der Waals surface area contributed by atoms with E-state index in [-0.39, 0.29) is 28.5 Å². The summed E-state index contributed by atoms with van der Waals surface area (Å²) in [5.74, 6) is -0.505. The smallest absolute Gasteiger partial charge is 0.197 e. The molecular formula is C19H14N2O2. The van der Waals surface area contributed by atoms with Gasteiger partial charge in [-0.1, -0.05) is 60.7 Å². The normalized spacial score (nSPS) is 10.3. The van der Waals surface area contributed by atoms with Crippen LogP contribution in [0.3, 0.4) is 0 Å². The van der Waals surface area contributed by atoms with Crippen molar-refractivity contribution in [2.75, 3.05) is 5.73 Å². The molecule has 3 aromatic rings. The van der Waals surface area contributed by atoms with E-state index >= 15 is 0 Å². The maximum atomic E-state index is 12.8. The van der Waals surface area contributed by atoms with Crippen molar-refractivity contribution in [2.45, 2.75) is 0 Å². The number of nitrogen functional groups attached to an aromatic ring is 1. The number of hydrogen-bond donors (Lipinski definition) is 1. The molecule has 4 nitrogen and oxygen atoms in total. The highest BCUT2D eigenvalue weighted by Crippen LogP contribution is 2.22. The molecule has 0 aliphatic carbocycles. The van der Waals surface area contributed by atoms with Crippen LogP contribution in [-0.2, 0) is 0 Å². The zero-order valence-electron chi connectivity index (χ0n) is 12.3. The predicted molar refractivity (Wildman–Crippen MR) is 88.4 cm³/mol. The van der Waals surface area contributed by atoms with Gasteiger partial charge in [0.05, 0.1) is 5.56 Å². The Morgan fingerprint density at radius 2 is 1.26 bits per heavy atom. The molecule has 0 aliphatic rings. The molecule has 0 saturated heterocycles. The van der Waals surface area contributed by atoms with Crippen molar-refractivity contribution in [3.63, 3.8) is 0 Å². The molecule has 0 amide bonds. The Morgan fingerprint density at radius 1 is 0.739 bits per heavy atom. The zero-order chi connectivity index (χ0) is 16.2. The van der Waals surface area contributed by atoms with E-state index < -0.39 is 0 Å². The topological polar surface area (TPSA) is 73.0 Å². The molecule has 23 heavy (non-hydrogen) atoms. The number of nitrogens with zero attached hydrogens (tertiary/aromatic N) is 1. The number of pyridine rings is 1. The predicted octanol–water partition coefficient (Wildman–Crippen LogP) is 3.13. The summed E-state index contributed by atoms with van der Waals surface area (Å²) in [7, 11) is 0. The second-order valence-electron chi connectivity index (χ2n) is 5.01. The van der Waals surface area contributed by atoms with E-state index in [2.05, 4.69) is 4.98 Å². The average molecular weight is 302 g/mol. The van der Waals surface area contributed by atoms with Crippen LogP contribution in [0.25, 0.3) is 0 Å². The van der Waals surface area contributed by atoms with E-state index in [1.54, 1.807) is 48.5 Å². The summed E-state index contributed by atoms with van der Waals surface area (Å²) >= 11 is 0. The number of ketones is 2. The molecule has 0 saturated carbocycles. The Balaban J connectivity index is 2.11. The van der Waals surface area contributed by atoms with Gasteiger partial charge in [-0.15, -0.1) is 0 Å². The fourth-order valence-corrected chi connectivity index (χ4v) is 2.38. The van der Waals surface area contributed by atoms with Gasteiger partial charge in [-0.05, 0) is 6.07 Å². The Hall–Kier alpha value is -3.27. The quantitative estimate of drug-likeness (QED) is 0.751. The Bertz CT molecular complexity index is 859. The van der Waals surface area contributed by atoms with Crippen molar-refractivity contribution in [3.05, 3.63) is 95.2 Å². The van der Waals surface area contributed by atoms with Gasteiger partial charge in [0.2, 0.25) is 0 Å². The highest BCUT2D eigenvalue weighted by atomic mass is 16.1. The van der Waals surface area contributed by atoms with Gasteiger partial charge in [-0.2, -0.15) is 0 Å². The summed E-state index contributed by atoms with van der Waals surface area (Å²) in [6.45, 7) is 0. The lowest BCUT2D eigenvalue weighted by Crippen LogP contribution is -2.14. The number of hydrogen-bond acceptors (Lipinski definition) is 4. The van der Waals surface area contributed by atoms with Gasteiger partial charge in [0.15, 0.2) is 11.6 Å². The van der Waals surface area contributed by atoms with Crippen LogP contribution in [0, 0.1) is 0 Å². The Morgan fingerprint density at radius 3 is 1.83 bits per heavy atom. The van der Waals surface area contributed by atoms with Gasteiger partial charge < -0.3 is 5.73 Å². The molecule has 2 aromatic carbocycles. The maximum Gasteiger partial charge on any atom is 0.197 e. The number of anilines is 1. The molecule has 3 rings (SSSR count). The minimum Gasteiger partial charge on any atom is -0.383 e. The summed E-state index contributed by atoms with van der Waals surface area (Å²) in [6, 6.07) is 19.0. The van der Waals surface area contributed by atoms with Crippen molar-refractivity contribution in [3.8, 4) is 0 Å². The molecular weight excluding hydrogens is 288 g/mol. The fraction of sp³-hybridized carbons (Fsp3) is 0. The number of carbonyl (C=O) groups is 2. The van der Waals surface area contributed by atoms with Crippen LogP contribution in [0.1, 0.15) is 31.8 Å². The Labute approximate surface area is 133 Å². The first-order chi connectivity index (χ1) is 11.2. The molecule has 0 fully saturated rings. The third-order valence-corrected chi connectivity index (χ3v) is 3.52. The first kappa shape index (κ1) is 14.7. The molecule has 0 aliphatic heterocycles. The van der Waals surface area contributed by atoms with Crippen molar-refractivity contribution >= 4 is 17.4 Å². The minimum absolute atomic E-state index is 0.0561. The van der Waals surface area contributed by atoms with Crippen molar-refractivity contribution in [2.24, 2.45) is 0 Å². The van der Waals surface area contributed by atoms with Crippen LogP contribution in [0.4, 0.5) is 5.82 Å². The number of carbonyl (C=O) groups excluding carboxylic acids is 2. The molecule has 4 heteroatoms. The van der Waals surface area contributed by atoms with Gasteiger partial charge in [0.1, 0.15) is 5.82 Å². The molecule has 0 bridgehead atoms. The number of rotatable bonds is 4. The van der Waals surface area contributed by atoms with E-state index in [1.165, 1.54) is 12.3 Å². The lowest BCUT2D eigenvalue weighted by atomic mass is 9.94. The van der Waals surface area contributed by atoms with Crippen molar-refractivity contribution in [1.82, 2.24) is 4.98 Å². The number of nitrogens with two attached hydrogens (primary N) is 1. The number of benzene rings is 2. The maximum absolute atomic E-state index is 12.8. The van der Waals surface area contributed by atoms with Gasteiger partial charge >= 0.3 is 0 Å². The molecule has 1 aromatic heterocycles. The van der Waals surface area contributed by atoms with Gasteiger partial charge in [-0.25, -0.2) is 4.98 Å². The molecule has 0 atom stereocenters. The van der Waals surface area contributed by atoms with E-state index in [9.17, 15) is 9.59 Å². The molecule has 0 radical (unpaired) electrons. The monoisotopic (exact) mass is 302 g/mol. The van der Waals surface area contributed by atoms with Crippen LogP contribution >= 0.6 is 0 Å². The van der Waals surface area contributed by atoms with Gasteiger partial charge in [0, 0.05) is 22.9 Å². The lowest BCUT2D eigenvalue weighted by molar-refractivity contribution is 0.100. The first-order valence-corrected chi connectivity index (χ1v) is 7.12. The molecule has 2 N–H and O–H groups in total. The van der Waals surface area contributed by atoms with E-state index in [0.717, 1.165) is 0 Å². The average Bonchev–Trinajstić information content (AvgIpc) is 2.62. The first-order valence-electron chi connectivity index (χ1n) is 7.12. The number of aromatic nitrogens is 1. The van der Waals surface area contributed by atoms with Crippen LogP contribution in [0.15, 0.2) is 72.9 Å². The minimum atomic E-state index is -0.310. The SMILES string of the molecule is Nc1nccc(C(=O)c2ccccc2)c1C(=O)c1ccccc1. The second kappa shape index (κ2) is 6.23. The largest absolute Gasteiger partial charge is 0.383 e. The second-order valence-corrected chi connectivity index (χ2v) is 5.01. The van der Waals surface area contributed by atoms with E-state index in [4.69, 9.17) is 5.73 Å². The highest BCUT2D eigenvalue weighted by Gasteiger charge is 2.22. The summed E-state index contributed by atoms with van der Waals surface area (Å²) < 4.78 is 0.